The van der Waals surface area contributed by atoms with E-state index in [2.05, 4.69) is 10.1 Å². The molecule has 0 aromatic carbocycles. The van der Waals surface area contributed by atoms with Crippen LogP contribution in [-0.2, 0) is 9.53 Å². The summed E-state index contributed by atoms with van der Waals surface area (Å²) in [7, 11) is 1.25. The second-order valence-electron chi connectivity index (χ2n) is 4.00. The van der Waals surface area contributed by atoms with E-state index < -0.39 is 24.5 Å². The molecular weight excluding hydrogens is 204 g/mol. The van der Waals surface area contributed by atoms with Crippen LogP contribution in [0.3, 0.4) is 0 Å². The molecule has 2 atom stereocenters. The van der Waals surface area contributed by atoms with E-state index in [1.807, 2.05) is 13.8 Å². The zero-order chi connectivity index (χ0) is 12.0. The molecule has 0 heterocycles. The molecule has 0 aliphatic carbocycles. The maximum Gasteiger partial charge on any atom is 0.322 e. The maximum absolute atomic E-state index is 12.3. The molecule has 3 nitrogen and oxygen atoms in total. The summed E-state index contributed by atoms with van der Waals surface area (Å²) < 4.78 is 29.1. The summed E-state index contributed by atoms with van der Waals surface area (Å²) in [6.45, 7) is 5.19. The van der Waals surface area contributed by atoms with Crippen LogP contribution in [0, 0.1) is 5.92 Å². The standard InChI is InChI=1S/C10H19F2NO2/c1-6(2)5-8(10(14)15-4)13-7(3)9(11)12/h6-9,13H,5H2,1-4H3. The quantitative estimate of drug-likeness (QED) is 0.698. The van der Waals surface area contributed by atoms with Crippen molar-refractivity contribution in [2.45, 2.75) is 45.7 Å². The van der Waals surface area contributed by atoms with Gasteiger partial charge in [0, 0.05) is 0 Å². The van der Waals surface area contributed by atoms with Gasteiger partial charge in [-0.05, 0) is 19.3 Å². The zero-order valence-electron chi connectivity index (χ0n) is 9.59. The minimum Gasteiger partial charge on any atom is -0.468 e. The van der Waals surface area contributed by atoms with Crippen LogP contribution in [0.2, 0.25) is 0 Å². The Morgan fingerprint density at radius 1 is 1.33 bits per heavy atom. The number of ether oxygens (including phenoxy) is 1. The van der Waals surface area contributed by atoms with Gasteiger partial charge in [-0.3, -0.25) is 10.1 Å². The summed E-state index contributed by atoms with van der Waals surface area (Å²) in [5.41, 5.74) is 0. The van der Waals surface area contributed by atoms with Crippen LogP contribution >= 0.6 is 0 Å². The zero-order valence-corrected chi connectivity index (χ0v) is 9.59. The SMILES string of the molecule is COC(=O)C(CC(C)C)NC(C)C(F)F. The molecule has 0 fully saturated rings. The Hall–Kier alpha value is -0.710. The fraction of sp³-hybridized carbons (Fsp3) is 0.900. The minimum absolute atomic E-state index is 0.242. The van der Waals surface area contributed by atoms with E-state index in [1.54, 1.807) is 0 Å². The lowest BCUT2D eigenvalue weighted by Crippen LogP contribution is -2.46. The van der Waals surface area contributed by atoms with Gasteiger partial charge in [0.1, 0.15) is 6.04 Å². The van der Waals surface area contributed by atoms with Gasteiger partial charge in [-0.1, -0.05) is 13.8 Å². The molecular formula is C10H19F2NO2. The number of hydrogen-bond acceptors (Lipinski definition) is 3. The van der Waals surface area contributed by atoms with Gasteiger partial charge in [0.25, 0.3) is 6.43 Å². The number of carbonyl (C=O) groups excluding carboxylic acids is 1. The van der Waals surface area contributed by atoms with Crippen LogP contribution in [0.5, 0.6) is 0 Å². The average molecular weight is 223 g/mol. The highest BCUT2D eigenvalue weighted by Gasteiger charge is 2.25. The number of rotatable bonds is 6. The lowest BCUT2D eigenvalue weighted by Gasteiger charge is -2.22. The Morgan fingerprint density at radius 3 is 2.20 bits per heavy atom. The average Bonchev–Trinajstić information content (AvgIpc) is 2.14. The topological polar surface area (TPSA) is 38.3 Å². The fourth-order valence-electron chi connectivity index (χ4n) is 1.24. The number of hydrogen-bond donors (Lipinski definition) is 1. The molecule has 0 spiro atoms. The first-order chi connectivity index (χ1) is 6.88. The predicted molar refractivity (Wildman–Crippen MR) is 53.9 cm³/mol. The smallest absolute Gasteiger partial charge is 0.322 e. The van der Waals surface area contributed by atoms with Crippen molar-refractivity contribution in [3.63, 3.8) is 0 Å². The highest BCUT2D eigenvalue weighted by Crippen LogP contribution is 2.09. The molecule has 0 saturated heterocycles. The Morgan fingerprint density at radius 2 is 1.87 bits per heavy atom. The molecule has 0 bridgehead atoms. The van der Waals surface area contributed by atoms with Crippen LogP contribution in [0.15, 0.2) is 0 Å². The summed E-state index contributed by atoms with van der Waals surface area (Å²) in [6.07, 6.45) is -1.99. The molecule has 90 valence electrons. The third kappa shape index (κ3) is 5.67. The minimum atomic E-state index is -2.48. The highest BCUT2D eigenvalue weighted by molar-refractivity contribution is 5.75. The van der Waals surface area contributed by atoms with Gasteiger partial charge in [0.15, 0.2) is 0 Å². The largest absolute Gasteiger partial charge is 0.468 e. The monoisotopic (exact) mass is 223 g/mol. The third-order valence-electron chi connectivity index (χ3n) is 2.03. The molecule has 0 amide bonds. The van der Waals surface area contributed by atoms with Crippen LogP contribution < -0.4 is 5.32 Å². The highest BCUT2D eigenvalue weighted by atomic mass is 19.3. The first kappa shape index (κ1) is 14.3. The number of esters is 1. The summed E-state index contributed by atoms with van der Waals surface area (Å²) in [6, 6.07) is -1.66. The van der Waals surface area contributed by atoms with Gasteiger partial charge in [-0.15, -0.1) is 0 Å². The molecule has 0 radical (unpaired) electrons. The lowest BCUT2D eigenvalue weighted by atomic mass is 10.0. The van der Waals surface area contributed by atoms with Gasteiger partial charge in [-0.25, -0.2) is 8.78 Å². The molecule has 2 unspecified atom stereocenters. The van der Waals surface area contributed by atoms with E-state index in [4.69, 9.17) is 0 Å². The van der Waals surface area contributed by atoms with Crippen LogP contribution in [0.25, 0.3) is 0 Å². The van der Waals surface area contributed by atoms with Gasteiger partial charge >= 0.3 is 5.97 Å². The van der Waals surface area contributed by atoms with Gasteiger partial charge in [-0.2, -0.15) is 0 Å². The second kappa shape index (κ2) is 6.71. The number of methoxy groups -OCH3 is 1. The number of nitrogens with one attached hydrogen (secondary N) is 1. The molecule has 0 aromatic heterocycles. The molecule has 0 rings (SSSR count). The van der Waals surface area contributed by atoms with Gasteiger partial charge in [0.2, 0.25) is 0 Å². The Balaban J connectivity index is 4.30. The van der Waals surface area contributed by atoms with Crippen LogP contribution in [0.1, 0.15) is 27.2 Å². The molecule has 0 saturated carbocycles. The normalized spacial score (nSPS) is 15.5. The van der Waals surface area contributed by atoms with Crippen molar-refractivity contribution in [2.24, 2.45) is 5.92 Å². The summed E-state index contributed by atoms with van der Waals surface area (Å²) in [4.78, 5) is 11.3. The van der Waals surface area contributed by atoms with Crippen molar-refractivity contribution >= 4 is 5.97 Å². The van der Waals surface area contributed by atoms with E-state index in [0.29, 0.717) is 6.42 Å². The molecule has 15 heavy (non-hydrogen) atoms. The number of carbonyl (C=O) groups is 1. The summed E-state index contributed by atoms with van der Waals surface area (Å²) in [5.74, 6) is -0.248. The fourth-order valence-corrected chi connectivity index (χ4v) is 1.24. The molecule has 1 N–H and O–H groups in total. The summed E-state index contributed by atoms with van der Waals surface area (Å²) >= 11 is 0. The molecule has 0 aromatic rings. The van der Waals surface area contributed by atoms with Gasteiger partial charge < -0.3 is 4.74 Å². The van der Waals surface area contributed by atoms with Crippen molar-refractivity contribution in [1.82, 2.24) is 5.32 Å². The van der Waals surface area contributed by atoms with Crippen LogP contribution in [0.4, 0.5) is 8.78 Å². The Kier molecular flexibility index (Phi) is 6.40. The second-order valence-corrected chi connectivity index (χ2v) is 4.00. The number of halogens is 2. The van der Waals surface area contributed by atoms with E-state index in [9.17, 15) is 13.6 Å². The first-order valence-corrected chi connectivity index (χ1v) is 5.00. The molecule has 0 aliphatic rings. The third-order valence-corrected chi connectivity index (χ3v) is 2.03. The van der Waals surface area contributed by atoms with E-state index in [0.717, 1.165) is 0 Å². The van der Waals surface area contributed by atoms with E-state index in [1.165, 1.54) is 14.0 Å². The Labute approximate surface area is 89.2 Å². The summed E-state index contributed by atoms with van der Waals surface area (Å²) in [5, 5.41) is 2.57. The van der Waals surface area contributed by atoms with E-state index in [-0.39, 0.29) is 5.92 Å². The lowest BCUT2D eigenvalue weighted by molar-refractivity contribution is -0.144. The van der Waals surface area contributed by atoms with Crippen molar-refractivity contribution in [1.29, 1.82) is 0 Å². The van der Waals surface area contributed by atoms with Crippen molar-refractivity contribution in [3.8, 4) is 0 Å². The number of alkyl halides is 2. The first-order valence-electron chi connectivity index (χ1n) is 5.00. The van der Waals surface area contributed by atoms with Crippen LogP contribution in [-0.4, -0.2) is 31.6 Å². The maximum atomic E-state index is 12.3. The molecule has 5 heteroatoms. The van der Waals surface area contributed by atoms with Gasteiger partial charge in [0.05, 0.1) is 13.2 Å². The van der Waals surface area contributed by atoms with Crippen molar-refractivity contribution in [3.05, 3.63) is 0 Å². The van der Waals surface area contributed by atoms with Crippen molar-refractivity contribution in [2.75, 3.05) is 7.11 Å². The predicted octanol–water partition coefficient (Wildman–Crippen LogP) is 1.82. The van der Waals surface area contributed by atoms with Crippen molar-refractivity contribution < 1.29 is 18.3 Å². The van der Waals surface area contributed by atoms with E-state index >= 15 is 0 Å². The Bertz CT molecular complexity index is 198. The molecule has 0 aliphatic heterocycles.